The monoisotopic (exact) mass is 474 g/mol. The predicted molar refractivity (Wildman–Crippen MR) is 107 cm³/mol. The molecule has 14 heteroatoms. The summed E-state index contributed by atoms with van der Waals surface area (Å²) >= 11 is 12.1. The van der Waals surface area contributed by atoms with Crippen LogP contribution in [0.15, 0.2) is 18.3 Å². The molecular formula is C17H15Cl2F3N8O. The minimum absolute atomic E-state index is 0.000934. The SMILES string of the molecule is CC1(C(F)(F)F)CN(C(=O)Nc2cc(Cl)n(C3CNC3)n2)c2cnc3cc(Cl)nn3c21. The molecule has 1 atom stereocenters. The molecule has 0 aliphatic carbocycles. The van der Waals surface area contributed by atoms with Gasteiger partial charge < -0.3 is 5.32 Å². The van der Waals surface area contributed by atoms with Gasteiger partial charge in [0.1, 0.15) is 10.6 Å². The summed E-state index contributed by atoms with van der Waals surface area (Å²) in [7, 11) is 0. The van der Waals surface area contributed by atoms with Crippen LogP contribution in [-0.4, -0.2) is 56.2 Å². The van der Waals surface area contributed by atoms with Gasteiger partial charge in [0.15, 0.2) is 16.6 Å². The van der Waals surface area contributed by atoms with Crippen LogP contribution >= 0.6 is 23.2 Å². The highest BCUT2D eigenvalue weighted by molar-refractivity contribution is 6.30. The third-order valence-electron chi connectivity index (χ3n) is 5.62. The average molecular weight is 475 g/mol. The summed E-state index contributed by atoms with van der Waals surface area (Å²) in [6.07, 6.45) is -3.45. The second kappa shape index (κ2) is 6.71. The number of aromatic nitrogens is 5. The summed E-state index contributed by atoms with van der Waals surface area (Å²) in [5.41, 5.74) is -2.46. The Kier molecular flexibility index (Phi) is 4.40. The second-order valence-corrected chi connectivity index (χ2v) is 8.46. The van der Waals surface area contributed by atoms with Crippen LogP contribution < -0.4 is 15.5 Å². The number of rotatable bonds is 2. The number of hydrogen-bond donors (Lipinski definition) is 2. The first-order valence-electron chi connectivity index (χ1n) is 9.24. The first kappa shape index (κ1) is 20.3. The Morgan fingerprint density at radius 2 is 2.03 bits per heavy atom. The molecule has 1 unspecified atom stereocenters. The highest BCUT2D eigenvalue weighted by Crippen LogP contribution is 2.50. The predicted octanol–water partition coefficient (Wildman–Crippen LogP) is 3.25. The number of urea groups is 1. The smallest absolute Gasteiger partial charge is 0.312 e. The van der Waals surface area contributed by atoms with E-state index in [2.05, 4.69) is 25.8 Å². The van der Waals surface area contributed by atoms with Gasteiger partial charge in [-0.05, 0) is 6.92 Å². The van der Waals surface area contributed by atoms with Crippen LogP contribution in [0, 0.1) is 0 Å². The molecule has 2 amide bonds. The van der Waals surface area contributed by atoms with Gasteiger partial charge in [-0.25, -0.2) is 19.0 Å². The van der Waals surface area contributed by atoms with Gasteiger partial charge in [0.2, 0.25) is 0 Å². The van der Waals surface area contributed by atoms with E-state index in [9.17, 15) is 18.0 Å². The Bertz CT molecular complexity index is 1200. The number of anilines is 2. The number of nitrogens with zero attached hydrogens (tertiary/aromatic N) is 6. The van der Waals surface area contributed by atoms with Gasteiger partial charge in [-0.3, -0.25) is 10.2 Å². The van der Waals surface area contributed by atoms with Crippen molar-refractivity contribution in [3.8, 4) is 0 Å². The Morgan fingerprint density at radius 3 is 2.68 bits per heavy atom. The largest absolute Gasteiger partial charge is 0.401 e. The first-order valence-corrected chi connectivity index (χ1v) is 10.00. The molecule has 31 heavy (non-hydrogen) atoms. The summed E-state index contributed by atoms with van der Waals surface area (Å²) in [6, 6.07) is 2.07. The number of halogens is 5. The van der Waals surface area contributed by atoms with E-state index in [4.69, 9.17) is 23.2 Å². The van der Waals surface area contributed by atoms with Crippen molar-refractivity contribution in [2.24, 2.45) is 0 Å². The lowest BCUT2D eigenvalue weighted by Crippen LogP contribution is -2.46. The van der Waals surface area contributed by atoms with Gasteiger partial charge in [-0.2, -0.15) is 23.4 Å². The van der Waals surface area contributed by atoms with Crippen molar-refractivity contribution in [2.75, 3.05) is 29.9 Å². The molecule has 2 N–H and O–H groups in total. The molecular weight excluding hydrogens is 460 g/mol. The maximum absolute atomic E-state index is 14.1. The lowest BCUT2D eigenvalue weighted by molar-refractivity contribution is -0.181. The summed E-state index contributed by atoms with van der Waals surface area (Å²) in [5, 5.41) is 14.1. The molecule has 5 heterocycles. The van der Waals surface area contributed by atoms with Crippen LogP contribution in [0.3, 0.4) is 0 Å². The molecule has 3 aromatic rings. The molecule has 0 spiro atoms. The molecule has 0 bridgehead atoms. The van der Waals surface area contributed by atoms with Gasteiger partial charge in [-0.15, -0.1) is 0 Å². The van der Waals surface area contributed by atoms with Crippen LogP contribution in [0.5, 0.6) is 0 Å². The minimum atomic E-state index is -4.66. The highest BCUT2D eigenvalue weighted by Gasteiger charge is 2.60. The molecule has 5 rings (SSSR count). The van der Waals surface area contributed by atoms with Crippen molar-refractivity contribution >= 4 is 46.4 Å². The zero-order valence-corrected chi connectivity index (χ0v) is 17.4. The number of fused-ring (bicyclic) bond motifs is 3. The summed E-state index contributed by atoms with van der Waals surface area (Å²) in [6.45, 7) is 1.74. The van der Waals surface area contributed by atoms with Crippen molar-refractivity contribution in [3.63, 3.8) is 0 Å². The quantitative estimate of drug-likeness (QED) is 0.594. The van der Waals surface area contributed by atoms with Crippen molar-refractivity contribution < 1.29 is 18.0 Å². The normalized spacial score (nSPS) is 21.4. The fraction of sp³-hybridized carbons (Fsp3) is 0.412. The Balaban J connectivity index is 1.52. The number of carbonyl (C=O) groups is 1. The number of amides is 2. The third-order valence-corrected chi connectivity index (χ3v) is 6.09. The van der Waals surface area contributed by atoms with Crippen LogP contribution in [0.4, 0.5) is 29.5 Å². The molecule has 3 aromatic heterocycles. The van der Waals surface area contributed by atoms with Crippen LogP contribution in [-0.2, 0) is 5.41 Å². The van der Waals surface area contributed by atoms with Crippen molar-refractivity contribution in [3.05, 3.63) is 34.3 Å². The van der Waals surface area contributed by atoms with Crippen LogP contribution in [0.2, 0.25) is 10.3 Å². The molecule has 0 aromatic carbocycles. The summed E-state index contributed by atoms with van der Waals surface area (Å²) in [5.74, 6) is 0.139. The van der Waals surface area contributed by atoms with E-state index in [0.717, 1.165) is 16.3 Å². The van der Waals surface area contributed by atoms with Gasteiger partial charge >= 0.3 is 12.2 Å². The zero-order chi connectivity index (χ0) is 22.1. The number of carbonyl (C=O) groups excluding carboxylic acids is 1. The molecule has 0 saturated carbocycles. The highest BCUT2D eigenvalue weighted by atomic mass is 35.5. The Morgan fingerprint density at radius 1 is 1.29 bits per heavy atom. The third kappa shape index (κ3) is 3.04. The first-order chi connectivity index (χ1) is 14.6. The number of hydrogen-bond acceptors (Lipinski definition) is 5. The lowest BCUT2D eigenvalue weighted by Gasteiger charge is -2.28. The lowest BCUT2D eigenvalue weighted by atomic mass is 9.88. The average Bonchev–Trinajstić information content (AvgIpc) is 3.27. The summed E-state index contributed by atoms with van der Waals surface area (Å²) in [4.78, 5) is 18.0. The maximum Gasteiger partial charge on any atom is 0.401 e. The van der Waals surface area contributed by atoms with Crippen LogP contribution in [0.1, 0.15) is 18.7 Å². The van der Waals surface area contributed by atoms with E-state index in [-0.39, 0.29) is 34.0 Å². The van der Waals surface area contributed by atoms with Gasteiger partial charge in [0.05, 0.1) is 23.6 Å². The van der Waals surface area contributed by atoms with E-state index < -0.39 is 24.2 Å². The maximum atomic E-state index is 14.1. The van der Waals surface area contributed by atoms with Gasteiger partial charge in [0.25, 0.3) is 0 Å². The van der Waals surface area contributed by atoms with E-state index >= 15 is 0 Å². The van der Waals surface area contributed by atoms with E-state index in [1.807, 2.05) is 0 Å². The standard InChI is InChI=1S/C17H15Cl2F3N8O/c1-16(17(20,21)22)7-28(9-6-24-13-2-10(18)26-30(13)14(9)16)15(31)25-12-3-11(19)29(27-12)8-4-23-5-8/h2-3,6,8,23H,4-5,7H2,1H3,(H,25,27,31). The fourth-order valence-corrected chi connectivity index (χ4v) is 4.26. The van der Waals surface area contributed by atoms with Crippen molar-refractivity contribution in [1.82, 2.24) is 29.7 Å². The number of nitrogens with one attached hydrogen (secondary N) is 2. The molecule has 0 radical (unpaired) electrons. The minimum Gasteiger partial charge on any atom is -0.312 e. The molecule has 2 aliphatic rings. The van der Waals surface area contributed by atoms with E-state index in [1.165, 1.54) is 18.3 Å². The number of alkyl halides is 3. The molecule has 9 nitrogen and oxygen atoms in total. The van der Waals surface area contributed by atoms with E-state index in [1.54, 1.807) is 4.68 Å². The van der Waals surface area contributed by atoms with Gasteiger partial charge in [-0.1, -0.05) is 23.2 Å². The van der Waals surface area contributed by atoms with Crippen molar-refractivity contribution in [1.29, 1.82) is 0 Å². The summed E-state index contributed by atoms with van der Waals surface area (Å²) < 4.78 is 45.0. The van der Waals surface area contributed by atoms with Gasteiger partial charge in [0, 0.05) is 31.8 Å². The van der Waals surface area contributed by atoms with E-state index in [0.29, 0.717) is 18.2 Å². The topological polar surface area (TPSA) is 92.4 Å². The molecule has 164 valence electrons. The second-order valence-electron chi connectivity index (χ2n) is 7.68. The Hall–Kier alpha value is -2.57. The van der Waals surface area contributed by atoms with Crippen LogP contribution in [0.25, 0.3) is 5.65 Å². The molecule has 1 saturated heterocycles. The van der Waals surface area contributed by atoms with Crippen molar-refractivity contribution in [2.45, 2.75) is 24.6 Å². The zero-order valence-electron chi connectivity index (χ0n) is 15.9. The fourth-order valence-electron chi connectivity index (χ4n) is 3.80. The molecule has 1 fully saturated rings. The molecule has 2 aliphatic heterocycles. The Labute approximate surface area is 183 Å².